The molecule has 0 amide bonds. The number of pyridine rings is 3. The van der Waals surface area contributed by atoms with Gasteiger partial charge in [-0.2, -0.15) is 0 Å². The number of furan rings is 1. The molecular weight excluding hydrogens is 1020 g/mol. The zero-order valence-corrected chi connectivity index (χ0v) is 45.4. The van der Waals surface area contributed by atoms with E-state index in [-0.39, 0.29) is 20.1 Å². The van der Waals surface area contributed by atoms with Crippen LogP contribution in [0.2, 0.25) is 19.6 Å². The smallest absolute Gasteiger partial charge is 0.145 e. The number of aromatic nitrogens is 3. The topological polar surface area (TPSA) is 51.8 Å². The minimum Gasteiger partial charge on any atom is -0.455 e. The van der Waals surface area contributed by atoms with Crippen molar-refractivity contribution in [3.05, 3.63) is 193 Å². The van der Waals surface area contributed by atoms with Crippen LogP contribution in [0.5, 0.6) is 0 Å². The molecule has 0 aliphatic carbocycles. The van der Waals surface area contributed by atoms with Crippen molar-refractivity contribution in [2.75, 3.05) is 0 Å². The SMILES string of the molecule is CC(C)(C)Cc1cc(-c2ccccc2)ncc1[Si](C)(C)C.CC(C)(C)Cc1ccnc(-c2ccccc2)c1.CC(C)Cc1ccnc(-c2ccc(-c3ccccc3)c3c2oc2ccccc23)c1.[Ir]. The molecule has 4 heterocycles. The van der Waals surface area contributed by atoms with Crippen LogP contribution in [0.1, 0.15) is 72.1 Å². The molecule has 0 fully saturated rings. The maximum Gasteiger partial charge on any atom is 0.145 e. The van der Waals surface area contributed by atoms with Crippen molar-refractivity contribution in [1.82, 2.24) is 15.0 Å². The van der Waals surface area contributed by atoms with Gasteiger partial charge >= 0.3 is 0 Å². The summed E-state index contributed by atoms with van der Waals surface area (Å²) in [6, 6.07) is 54.9. The van der Waals surface area contributed by atoms with Crippen LogP contribution in [-0.2, 0) is 39.4 Å². The van der Waals surface area contributed by atoms with Gasteiger partial charge in [0.1, 0.15) is 11.2 Å². The van der Waals surface area contributed by atoms with Crippen molar-refractivity contribution in [3.8, 4) is 44.9 Å². The predicted octanol–water partition coefficient (Wildman–Crippen LogP) is 16.7. The van der Waals surface area contributed by atoms with Gasteiger partial charge in [0.05, 0.1) is 25.2 Å². The molecule has 0 saturated carbocycles. The largest absolute Gasteiger partial charge is 0.455 e. The van der Waals surface area contributed by atoms with E-state index in [0.717, 1.165) is 63.8 Å². The number of para-hydroxylation sites is 1. The van der Waals surface area contributed by atoms with E-state index in [9.17, 15) is 0 Å². The average Bonchev–Trinajstić information content (AvgIpc) is 3.68. The number of fused-ring (bicyclic) bond motifs is 3. The molecule has 4 aromatic heterocycles. The van der Waals surface area contributed by atoms with E-state index in [1.165, 1.54) is 44.1 Å². The molecule has 0 N–H and O–H groups in total. The van der Waals surface area contributed by atoms with Gasteiger partial charge in [0.2, 0.25) is 0 Å². The minimum absolute atomic E-state index is 0. The second kappa shape index (κ2) is 22.5. The summed E-state index contributed by atoms with van der Waals surface area (Å²) in [7, 11) is -1.36. The van der Waals surface area contributed by atoms with E-state index in [4.69, 9.17) is 9.40 Å². The van der Waals surface area contributed by atoms with Crippen molar-refractivity contribution in [2.45, 2.75) is 94.3 Å². The fourth-order valence-corrected chi connectivity index (χ4v) is 10.3. The van der Waals surface area contributed by atoms with Crippen molar-refractivity contribution < 1.29 is 24.5 Å². The molecule has 0 spiro atoms. The third-order valence-corrected chi connectivity index (χ3v) is 13.6. The Bertz CT molecular complexity index is 3010. The van der Waals surface area contributed by atoms with Gasteiger partial charge in [-0.15, -0.1) is 0 Å². The molecule has 4 nitrogen and oxygen atoms in total. The molecule has 68 heavy (non-hydrogen) atoms. The number of hydrogen-bond donors (Lipinski definition) is 0. The van der Waals surface area contributed by atoms with Crippen molar-refractivity contribution in [3.63, 3.8) is 0 Å². The van der Waals surface area contributed by atoms with Crippen molar-refractivity contribution in [1.29, 1.82) is 0 Å². The van der Waals surface area contributed by atoms with Gasteiger partial charge in [-0.05, 0) is 111 Å². The van der Waals surface area contributed by atoms with Crippen LogP contribution >= 0.6 is 0 Å². The Kier molecular flexibility index (Phi) is 17.1. The van der Waals surface area contributed by atoms with Gasteiger partial charge in [0.25, 0.3) is 0 Å². The van der Waals surface area contributed by atoms with Crippen LogP contribution in [0.25, 0.3) is 66.8 Å². The minimum atomic E-state index is -1.36. The number of rotatable bonds is 9. The van der Waals surface area contributed by atoms with E-state index in [1.807, 2.05) is 48.8 Å². The Morgan fingerprint density at radius 2 is 1.01 bits per heavy atom. The molecule has 0 unspecified atom stereocenters. The molecule has 1 radical (unpaired) electrons. The quantitative estimate of drug-likeness (QED) is 0.135. The van der Waals surface area contributed by atoms with E-state index < -0.39 is 8.07 Å². The van der Waals surface area contributed by atoms with Crippen LogP contribution in [0.3, 0.4) is 0 Å². The summed E-state index contributed by atoms with van der Waals surface area (Å²) in [6.45, 7) is 25.4. The molecule has 6 heteroatoms. The fraction of sp³-hybridized carbons (Fsp3) is 0.274. The molecule has 9 rings (SSSR count). The summed E-state index contributed by atoms with van der Waals surface area (Å²) < 4.78 is 6.38. The zero-order valence-electron chi connectivity index (χ0n) is 42.0. The second-order valence-electron chi connectivity index (χ2n) is 21.7. The van der Waals surface area contributed by atoms with E-state index >= 15 is 0 Å². The molecule has 351 valence electrons. The molecule has 9 aromatic rings. The van der Waals surface area contributed by atoms with Gasteiger partial charge < -0.3 is 4.42 Å². The molecule has 0 atom stereocenters. The summed E-state index contributed by atoms with van der Waals surface area (Å²) in [5, 5.41) is 3.79. The van der Waals surface area contributed by atoms with Crippen LogP contribution in [0.4, 0.5) is 0 Å². The Morgan fingerprint density at radius 3 is 1.59 bits per heavy atom. The van der Waals surface area contributed by atoms with Crippen molar-refractivity contribution in [2.24, 2.45) is 16.7 Å². The summed E-state index contributed by atoms with van der Waals surface area (Å²) in [4.78, 5) is 13.9. The Labute approximate surface area is 421 Å². The molecule has 0 aliphatic heterocycles. The Morgan fingerprint density at radius 1 is 0.515 bits per heavy atom. The van der Waals surface area contributed by atoms with E-state index in [0.29, 0.717) is 16.7 Å². The van der Waals surface area contributed by atoms with E-state index in [1.54, 1.807) is 0 Å². The maximum absolute atomic E-state index is 6.38. The normalized spacial score (nSPS) is 11.6. The van der Waals surface area contributed by atoms with E-state index in [2.05, 4.69) is 213 Å². The maximum atomic E-state index is 6.38. The first-order chi connectivity index (χ1) is 31.9. The number of hydrogen-bond acceptors (Lipinski definition) is 4. The van der Waals surface area contributed by atoms with Crippen LogP contribution in [-0.4, -0.2) is 23.0 Å². The standard InChI is InChI=1S/C27H23NO.C19H27NSi.C16H19N.Ir/c1-18(2)16-19-14-15-28-24(17-19)22-13-12-21(20-8-4-3-5-9-20)26-23-10-6-7-11-25(23)29-27(22)26;1-19(2,3)13-16-12-17(15-10-8-7-9-11-15)20-14-18(16)21(4,5)6;1-16(2,3)12-13-9-10-17-15(11-13)14-7-5-4-6-8-14;/h3-15,17-18H,16H2,1-2H3;7-12,14H,13H2,1-6H3;4-11H,12H2,1-3H3;. The van der Waals surface area contributed by atoms with Crippen LogP contribution in [0, 0.1) is 16.7 Å². The summed E-state index contributed by atoms with van der Waals surface area (Å²) in [5.74, 6) is 0.608. The summed E-state index contributed by atoms with van der Waals surface area (Å²) in [5.41, 5.74) is 15.5. The summed E-state index contributed by atoms with van der Waals surface area (Å²) >= 11 is 0. The first-order valence-electron chi connectivity index (χ1n) is 23.9. The van der Waals surface area contributed by atoms with Gasteiger partial charge in [0, 0.05) is 66.2 Å². The Hall–Kier alpha value is -5.78. The first kappa shape index (κ1) is 51.6. The fourth-order valence-electron chi connectivity index (χ4n) is 8.73. The van der Waals surface area contributed by atoms with Crippen LogP contribution in [0.15, 0.2) is 181 Å². The van der Waals surface area contributed by atoms with Gasteiger partial charge in [0.15, 0.2) is 0 Å². The van der Waals surface area contributed by atoms with Gasteiger partial charge in [-0.1, -0.05) is 190 Å². The molecule has 0 bridgehead atoms. The van der Waals surface area contributed by atoms with Gasteiger partial charge in [-0.3, -0.25) is 15.0 Å². The molecule has 0 saturated heterocycles. The van der Waals surface area contributed by atoms with Crippen molar-refractivity contribution >= 4 is 35.2 Å². The van der Waals surface area contributed by atoms with Crippen LogP contribution < -0.4 is 5.19 Å². The molecule has 0 aliphatic rings. The second-order valence-corrected chi connectivity index (χ2v) is 26.7. The average molecular weight is 1090 g/mol. The third kappa shape index (κ3) is 13.9. The monoisotopic (exact) mass is 1090 g/mol. The Balaban J connectivity index is 0.000000174. The number of nitrogens with zero attached hydrogens (tertiary/aromatic N) is 3. The summed E-state index contributed by atoms with van der Waals surface area (Å²) in [6.07, 6.45) is 9.18. The van der Waals surface area contributed by atoms with Gasteiger partial charge in [-0.25, -0.2) is 0 Å². The first-order valence-corrected chi connectivity index (χ1v) is 27.4. The zero-order chi connectivity index (χ0) is 47.8. The predicted molar refractivity (Wildman–Crippen MR) is 290 cm³/mol. The number of benzene rings is 5. The molecule has 5 aromatic carbocycles. The molecular formula is C62H69IrN3OSi. The third-order valence-electron chi connectivity index (χ3n) is 11.6.